The van der Waals surface area contributed by atoms with Crippen LogP contribution in [0.1, 0.15) is 44.8 Å². The smallest absolute Gasteiger partial charge is 0.239 e. The van der Waals surface area contributed by atoms with E-state index in [4.69, 9.17) is 4.98 Å². The van der Waals surface area contributed by atoms with Crippen molar-refractivity contribution in [2.75, 3.05) is 42.9 Å². The number of amides is 1. The van der Waals surface area contributed by atoms with Crippen molar-refractivity contribution < 1.29 is 9.59 Å². The molecule has 0 saturated carbocycles. The monoisotopic (exact) mass is 530 g/mol. The highest BCUT2D eigenvalue weighted by Crippen LogP contribution is 2.39. The number of benzene rings is 2. The SMILES string of the molecule is Cc1ccccc1C(=O)c1c(NC(=O)CN2CCN(c3nc4ccccc4s3)CC2)sc2c1CCCC2. The number of aromatic nitrogens is 1. The van der Waals surface area contributed by atoms with Crippen molar-refractivity contribution >= 4 is 54.7 Å². The van der Waals surface area contributed by atoms with E-state index < -0.39 is 0 Å². The van der Waals surface area contributed by atoms with Gasteiger partial charge in [-0.15, -0.1) is 11.3 Å². The summed E-state index contributed by atoms with van der Waals surface area (Å²) in [4.78, 5) is 37.4. The van der Waals surface area contributed by atoms with E-state index in [9.17, 15) is 9.59 Å². The highest BCUT2D eigenvalue weighted by Gasteiger charge is 2.28. The molecule has 8 heteroatoms. The van der Waals surface area contributed by atoms with Gasteiger partial charge in [-0.05, 0) is 55.9 Å². The molecule has 1 aliphatic heterocycles. The minimum Gasteiger partial charge on any atom is -0.345 e. The number of hydrogen-bond donors (Lipinski definition) is 1. The van der Waals surface area contributed by atoms with E-state index in [0.717, 1.165) is 84.2 Å². The van der Waals surface area contributed by atoms with E-state index in [1.165, 1.54) is 9.58 Å². The highest BCUT2D eigenvalue weighted by molar-refractivity contribution is 7.22. The lowest BCUT2D eigenvalue weighted by atomic mass is 9.91. The van der Waals surface area contributed by atoms with Crippen molar-refractivity contribution in [3.05, 3.63) is 75.7 Å². The van der Waals surface area contributed by atoms with Gasteiger partial charge in [0.1, 0.15) is 5.00 Å². The van der Waals surface area contributed by atoms with Gasteiger partial charge in [0.15, 0.2) is 10.9 Å². The van der Waals surface area contributed by atoms with Gasteiger partial charge in [0.2, 0.25) is 5.91 Å². The van der Waals surface area contributed by atoms with Crippen LogP contribution in [0.4, 0.5) is 10.1 Å². The Morgan fingerprint density at radius 3 is 2.51 bits per heavy atom. The zero-order valence-corrected chi connectivity index (χ0v) is 22.6. The third-order valence-corrected chi connectivity index (χ3v) is 9.64. The highest BCUT2D eigenvalue weighted by atomic mass is 32.1. The first-order valence-corrected chi connectivity index (χ1v) is 14.6. The summed E-state index contributed by atoms with van der Waals surface area (Å²) in [5.74, 6) is -0.0249. The number of thiophene rings is 1. The minimum atomic E-state index is -0.0501. The zero-order chi connectivity index (χ0) is 25.4. The number of carbonyl (C=O) groups excluding carboxylic acids is 2. The second-order valence-corrected chi connectivity index (χ2v) is 11.9. The van der Waals surface area contributed by atoms with Crippen LogP contribution in [0.25, 0.3) is 10.2 Å². The molecule has 1 fully saturated rings. The average Bonchev–Trinajstić information content (AvgIpc) is 3.50. The summed E-state index contributed by atoms with van der Waals surface area (Å²) in [6.07, 6.45) is 4.11. The standard InChI is InChI=1S/C29H30N4O2S2/c1-19-8-2-3-9-20(19)27(35)26-21-10-4-6-12-23(21)36-28(26)31-25(34)18-32-14-16-33(17-15-32)29-30-22-11-5-7-13-24(22)37-29/h2-3,5,7-9,11,13H,4,6,10,12,14-18H2,1H3,(H,31,34). The largest absolute Gasteiger partial charge is 0.345 e. The van der Waals surface area contributed by atoms with Gasteiger partial charge in [-0.3, -0.25) is 14.5 Å². The fraction of sp³-hybridized carbons (Fsp3) is 0.345. The van der Waals surface area contributed by atoms with E-state index in [2.05, 4.69) is 27.2 Å². The third kappa shape index (κ3) is 4.93. The predicted molar refractivity (Wildman–Crippen MR) is 152 cm³/mol. The van der Waals surface area contributed by atoms with Gasteiger partial charge in [-0.2, -0.15) is 0 Å². The third-order valence-electron chi connectivity index (χ3n) is 7.33. The molecule has 0 bridgehead atoms. The molecule has 1 N–H and O–H groups in total. The van der Waals surface area contributed by atoms with Gasteiger partial charge >= 0.3 is 0 Å². The maximum absolute atomic E-state index is 13.7. The molecule has 0 atom stereocenters. The molecule has 2 aromatic carbocycles. The van der Waals surface area contributed by atoms with Crippen LogP contribution < -0.4 is 10.2 Å². The summed E-state index contributed by atoms with van der Waals surface area (Å²) in [6, 6.07) is 15.9. The van der Waals surface area contributed by atoms with E-state index in [1.54, 1.807) is 22.7 Å². The lowest BCUT2D eigenvalue weighted by molar-refractivity contribution is -0.117. The number of nitrogens with zero attached hydrogens (tertiary/aromatic N) is 3. The van der Waals surface area contributed by atoms with Crippen LogP contribution in [0.3, 0.4) is 0 Å². The number of piperazine rings is 1. The van der Waals surface area contributed by atoms with Crippen LogP contribution in [-0.4, -0.2) is 54.3 Å². The number of para-hydroxylation sites is 1. The van der Waals surface area contributed by atoms with Crippen molar-refractivity contribution in [2.24, 2.45) is 0 Å². The molecular weight excluding hydrogens is 500 g/mol. The molecule has 0 radical (unpaired) electrons. The van der Waals surface area contributed by atoms with Gasteiger partial charge in [-0.25, -0.2) is 4.98 Å². The van der Waals surface area contributed by atoms with Crippen LogP contribution in [0.2, 0.25) is 0 Å². The number of fused-ring (bicyclic) bond motifs is 2. The van der Waals surface area contributed by atoms with Crippen LogP contribution >= 0.6 is 22.7 Å². The normalized spacial score (nSPS) is 16.1. The summed E-state index contributed by atoms with van der Waals surface area (Å²) in [7, 11) is 0. The number of anilines is 2. The topological polar surface area (TPSA) is 65.5 Å². The molecule has 6 nitrogen and oxygen atoms in total. The van der Waals surface area contributed by atoms with Gasteiger partial charge in [0.25, 0.3) is 0 Å². The quantitative estimate of drug-likeness (QED) is 0.332. The number of thiazole rings is 1. The van der Waals surface area contributed by atoms with E-state index in [1.807, 2.05) is 43.3 Å². The number of rotatable bonds is 6. The Bertz CT molecular complexity index is 1430. The van der Waals surface area contributed by atoms with Crippen molar-refractivity contribution in [1.82, 2.24) is 9.88 Å². The first kappa shape index (κ1) is 24.3. The molecule has 2 aliphatic rings. The van der Waals surface area contributed by atoms with Crippen LogP contribution in [0.15, 0.2) is 48.5 Å². The van der Waals surface area contributed by atoms with Crippen molar-refractivity contribution in [3.8, 4) is 0 Å². The Labute approximate surface area is 224 Å². The molecule has 37 heavy (non-hydrogen) atoms. The fourth-order valence-electron chi connectivity index (χ4n) is 5.32. The van der Waals surface area contributed by atoms with Crippen LogP contribution in [-0.2, 0) is 17.6 Å². The summed E-state index contributed by atoms with van der Waals surface area (Å²) in [5.41, 5.74) is 4.58. The molecule has 0 unspecified atom stereocenters. The molecule has 6 rings (SSSR count). The maximum Gasteiger partial charge on any atom is 0.239 e. The Kier molecular flexibility index (Phi) is 6.80. The molecule has 0 spiro atoms. The van der Waals surface area contributed by atoms with Gasteiger partial charge in [0, 0.05) is 36.6 Å². The summed E-state index contributed by atoms with van der Waals surface area (Å²) in [5, 5.41) is 4.91. The van der Waals surface area contributed by atoms with Crippen LogP contribution in [0, 0.1) is 6.92 Å². The Morgan fingerprint density at radius 1 is 0.946 bits per heavy atom. The van der Waals surface area contributed by atoms with Crippen LogP contribution in [0.5, 0.6) is 0 Å². The number of nitrogens with one attached hydrogen (secondary N) is 1. The minimum absolute atomic E-state index is 0.0252. The van der Waals surface area contributed by atoms with Gasteiger partial charge < -0.3 is 10.2 Å². The summed E-state index contributed by atoms with van der Waals surface area (Å²) in [6.45, 7) is 5.60. The van der Waals surface area contributed by atoms with Gasteiger partial charge in [0.05, 0.1) is 22.3 Å². The van der Waals surface area contributed by atoms with E-state index in [-0.39, 0.29) is 11.7 Å². The second kappa shape index (κ2) is 10.4. The Balaban J connectivity index is 1.14. The lowest BCUT2D eigenvalue weighted by Crippen LogP contribution is -2.48. The lowest BCUT2D eigenvalue weighted by Gasteiger charge is -2.34. The molecule has 190 valence electrons. The fourth-order valence-corrected chi connectivity index (χ4v) is 7.64. The molecule has 3 heterocycles. The van der Waals surface area contributed by atoms with Gasteiger partial charge in [-0.1, -0.05) is 47.7 Å². The number of aryl methyl sites for hydroxylation is 2. The molecule has 1 amide bonds. The zero-order valence-electron chi connectivity index (χ0n) is 21.0. The molecule has 1 saturated heterocycles. The summed E-state index contributed by atoms with van der Waals surface area (Å²) >= 11 is 3.32. The predicted octanol–water partition coefficient (Wildman–Crippen LogP) is 5.54. The average molecular weight is 531 g/mol. The van der Waals surface area contributed by atoms with E-state index in [0.29, 0.717) is 12.1 Å². The first-order valence-electron chi connectivity index (χ1n) is 12.9. The molecular formula is C29H30N4O2S2. The number of ketones is 1. The number of hydrogen-bond acceptors (Lipinski definition) is 7. The molecule has 4 aromatic rings. The van der Waals surface area contributed by atoms with E-state index >= 15 is 0 Å². The summed E-state index contributed by atoms with van der Waals surface area (Å²) < 4.78 is 1.20. The molecule has 1 aliphatic carbocycles. The second-order valence-electron chi connectivity index (χ2n) is 9.83. The van der Waals surface area contributed by atoms with Crippen molar-refractivity contribution in [1.29, 1.82) is 0 Å². The van der Waals surface area contributed by atoms with Crippen molar-refractivity contribution in [3.63, 3.8) is 0 Å². The number of carbonyl (C=O) groups is 2. The Morgan fingerprint density at radius 2 is 1.70 bits per heavy atom. The molecule has 2 aromatic heterocycles. The maximum atomic E-state index is 13.7. The van der Waals surface area contributed by atoms with Crippen molar-refractivity contribution in [2.45, 2.75) is 32.6 Å². The Hall–Kier alpha value is -3.07. The first-order chi connectivity index (χ1) is 18.1.